The van der Waals surface area contributed by atoms with Gasteiger partial charge in [0.05, 0.1) is 11.8 Å². The number of aromatic carboxylic acids is 1. The molecule has 0 aromatic heterocycles. The third kappa shape index (κ3) is 5.96. The average molecular weight is 328 g/mol. The number of carboxylic acid groups (broad SMARTS) is 1. The first-order valence-electron chi connectivity index (χ1n) is 6.98. The summed E-state index contributed by atoms with van der Waals surface area (Å²) >= 11 is 1.61. The van der Waals surface area contributed by atoms with Crippen LogP contribution in [0.5, 0.6) is 0 Å². The monoisotopic (exact) mass is 328 g/mol. The highest BCUT2D eigenvalue weighted by atomic mass is 32.2. The maximum absolute atomic E-state index is 11.7. The first-order valence-corrected chi connectivity index (χ1v) is 7.97. The molecular weight excluding hydrogens is 312 g/mol. The Hall–Kier alpha value is -2.60. The van der Waals surface area contributed by atoms with Crippen molar-refractivity contribution in [3.8, 4) is 0 Å². The second-order valence-electron chi connectivity index (χ2n) is 4.63. The Morgan fingerprint density at radius 2 is 1.78 bits per heavy atom. The number of hydrogen-bond acceptors (Lipinski definition) is 4. The van der Waals surface area contributed by atoms with E-state index in [0.29, 0.717) is 17.7 Å². The molecule has 1 amide bonds. The maximum atomic E-state index is 11.7. The van der Waals surface area contributed by atoms with Gasteiger partial charge in [-0.15, -0.1) is 11.8 Å². The van der Waals surface area contributed by atoms with E-state index >= 15 is 0 Å². The number of hydrogen-bond donors (Lipinski definition) is 2. The van der Waals surface area contributed by atoms with Gasteiger partial charge in [0.15, 0.2) is 0 Å². The van der Waals surface area contributed by atoms with Gasteiger partial charge in [0.1, 0.15) is 0 Å². The smallest absolute Gasteiger partial charge is 0.335 e. The Kier molecular flexibility index (Phi) is 6.38. The van der Waals surface area contributed by atoms with Gasteiger partial charge in [-0.2, -0.15) is 5.10 Å². The molecule has 0 fully saturated rings. The normalized spacial score (nSPS) is 10.6. The number of nitrogens with zero attached hydrogens (tertiary/aromatic N) is 1. The number of carbonyl (C=O) groups excluding carboxylic acids is 1. The lowest BCUT2D eigenvalue weighted by Gasteiger charge is -2.01. The van der Waals surface area contributed by atoms with Gasteiger partial charge in [0.25, 0.3) is 0 Å². The van der Waals surface area contributed by atoms with Gasteiger partial charge in [-0.3, -0.25) is 4.79 Å². The van der Waals surface area contributed by atoms with E-state index in [1.165, 1.54) is 18.3 Å². The van der Waals surface area contributed by atoms with Gasteiger partial charge in [-0.1, -0.05) is 30.3 Å². The molecule has 2 aromatic carbocycles. The molecular formula is C17H16N2O3S. The Morgan fingerprint density at radius 1 is 1.09 bits per heavy atom. The van der Waals surface area contributed by atoms with Crippen LogP contribution in [0, 0.1) is 0 Å². The van der Waals surface area contributed by atoms with Crippen molar-refractivity contribution in [1.29, 1.82) is 0 Å². The minimum Gasteiger partial charge on any atom is -0.478 e. The average Bonchev–Trinajstić information content (AvgIpc) is 2.56. The molecule has 0 bridgehead atoms. The predicted molar refractivity (Wildman–Crippen MR) is 90.9 cm³/mol. The minimum atomic E-state index is -0.974. The van der Waals surface area contributed by atoms with Crippen molar-refractivity contribution < 1.29 is 14.7 Å². The van der Waals surface area contributed by atoms with Crippen molar-refractivity contribution in [2.45, 2.75) is 11.3 Å². The standard InChI is InChI=1S/C17H16N2O3S/c20-16(10-11-23-15-4-2-1-3-5-15)19-18-12-13-6-8-14(9-7-13)17(21)22/h1-9,12H,10-11H2,(H,19,20)(H,21,22)/b18-12+. The fraction of sp³-hybridized carbons (Fsp3) is 0.118. The van der Waals surface area contributed by atoms with Crippen LogP contribution < -0.4 is 5.43 Å². The van der Waals surface area contributed by atoms with E-state index in [1.807, 2.05) is 30.3 Å². The molecule has 0 aliphatic rings. The van der Waals surface area contributed by atoms with Crippen LogP contribution in [0.1, 0.15) is 22.3 Å². The Bertz CT molecular complexity index is 685. The zero-order valence-corrected chi connectivity index (χ0v) is 13.1. The molecule has 0 heterocycles. The SMILES string of the molecule is O=C(CCSc1ccccc1)N/N=C/c1ccc(C(=O)O)cc1. The molecule has 0 saturated carbocycles. The number of carboxylic acids is 1. The summed E-state index contributed by atoms with van der Waals surface area (Å²) in [5.74, 6) is -0.455. The van der Waals surface area contributed by atoms with Gasteiger partial charge < -0.3 is 5.11 Å². The van der Waals surface area contributed by atoms with Crippen LogP contribution in [0.4, 0.5) is 0 Å². The van der Waals surface area contributed by atoms with Gasteiger partial charge in [0, 0.05) is 17.1 Å². The van der Waals surface area contributed by atoms with Crippen LogP contribution in [-0.4, -0.2) is 29.0 Å². The molecule has 2 N–H and O–H groups in total. The van der Waals surface area contributed by atoms with Crippen LogP contribution in [0.2, 0.25) is 0 Å². The third-order valence-electron chi connectivity index (χ3n) is 2.90. The van der Waals surface area contributed by atoms with Crippen LogP contribution in [0.15, 0.2) is 64.6 Å². The lowest BCUT2D eigenvalue weighted by Crippen LogP contribution is -2.17. The molecule has 2 aromatic rings. The fourth-order valence-electron chi connectivity index (χ4n) is 1.72. The Labute approximate surface area is 138 Å². The summed E-state index contributed by atoms with van der Waals surface area (Å²) in [6, 6.07) is 16.1. The van der Waals surface area contributed by atoms with E-state index in [-0.39, 0.29) is 11.5 Å². The van der Waals surface area contributed by atoms with Gasteiger partial charge in [0.2, 0.25) is 5.91 Å². The molecule has 0 saturated heterocycles. The number of thioether (sulfide) groups is 1. The molecule has 0 aliphatic carbocycles. The zero-order chi connectivity index (χ0) is 16.5. The number of amides is 1. The zero-order valence-electron chi connectivity index (χ0n) is 12.3. The van der Waals surface area contributed by atoms with Gasteiger partial charge >= 0.3 is 5.97 Å². The van der Waals surface area contributed by atoms with E-state index in [1.54, 1.807) is 23.9 Å². The molecule has 0 unspecified atom stereocenters. The van der Waals surface area contributed by atoms with Crippen molar-refractivity contribution in [1.82, 2.24) is 5.43 Å². The van der Waals surface area contributed by atoms with Crippen molar-refractivity contribution in [3.05, 3.63) is 65.7 Å². The number of benzene rings is 2. The van der Waals surface area contributed by atoms with Gasteiger partial charge in [-0.25, -0.2) is 10.2 Å². The molecule has 0 aliphatic heterocycles. The molecule has 118 valence electrons. The van der Waals surface area contributed by atoms with E-state index in [2.05, 4.69) is 10.5 Å². The molecule has 0 atom stereocenters. The first-order chi connectivity index (χ1) is 11.1. The van der Waals surface area contributed by atoms with Crippen molar-refractivity contribution in [2.24, 2.45) is 5.10 Å². The molecule has 6 heteroatoms. The summed E-state index contributed by atoms with van der Waals surface area (Å²) in [5, 5.41) is 12.7. The molecule has 23 heavy (non-hydrogen) atoms. The summed E-state index contributed by atoms with van der Waals surface area (Å²) in [7, 11) is 0. The molecule has 0 spiro atoms. The second kappa shape index (κ2) is 8.75. The molecule has 0 radical (unpaired) electrons. The second-order valence-corrected chi connectivity index (χ2v) is 5.80. The number of rotatable bonds is 7. The summed E-state index contributed by atoms with van der Waals surface area (Å²) in [5.41, 5.74) is 3.38. The summed E-state index contributed by atoms with van der Waals surface area (Å²) in [6.07, 6.45) is 1.85. The summed E-state index contributed by atoms with van der Waals surface area (Å²) in [4.78, 5) is 23.5. The maximum Gasteiger partial charge on any atom is 0.335 e. The van der Waals surface area contributed by atoms with E-state index < -0.39 is 5.97 Å². The lowest BCUT2D eigenvalue weighted by atomic mass is 10.1. The highest BCUT2D eigenvalue weighted by molar-refractivity contribution is 7.99. The third-order valence-corrected chi connectivity index (χ3v) is 3.92. The van der Waals surface area contributed by atoms with Crippen LogP contribution in [0.25, 0.3) is 0 Å². The van der Waals surface area contributed by atoms with Crippen LogP contribution >= 0.6 is 11.8 Å². The summed E-state index contributed by atoms with van der Waals surface area (Å²) < 4.78 is 0. The number of nitrogens with one attached hydrogen (secondary N) is 1. The number of carbonyl (C=O) groups is 2. The Morgan fingerprint density at radius 3 is 2.43 bits per heavy atom. The van der Waals surface area contributed by atoms with Crippen molar-refractivity contribution in [3.63, 3.8) is 0 Å². The number of hydrazone groups is 1. The van der Waals surface area contributed by atoms with E-state index in [9.17, 15) is 9.59 Å². The Balaban J connectivity index is 1.72. The summed E-state index contributed by atoms with van der Waals surface area (Å²) in [6.45, 7) is 0. The van der Waals surface area contributed by atoms with Crippen molar-refractivity contribution >= 4 is 29.9 Å². The predicted octanol–water partition coefficient (Wildman–Crippen LogP) is 3.02. The fourth-order valence-corrected chi connectivity index (χ4v) is 2.60. The highest BCUT2D eigenvalue weighted by Gasteiger charge is 2.02. The molecule has 2 rings (SSSR count). The van der Waals surface area contributed by atoms with E-state index in [4.69, 9.17) is 5.11 Å². The van der Waals surface area contributed by atoms with Crippen LogP contribution in [0.3, 0.4) is 0 Å². The van der Waals surface area contributed by atoms with Gasteiger partial charge in [-0.05, 0) is 29.8 Å². The minimum absolute atomic E-state index is 0.160. The van der Waals surface area contributed by atoms with Crippen LogP contribution in [-0.2, 0) is 4.79 Å². The topological polar surface area (TPSA) is 78.8 Å². The highest BCUT2D eigenvalue weighted by Crippen LogP contribution is 2.17. The van der Waals surface area contributed by atoms with Crippen molar-refractivity contribution in [2.75, 3.05) is 5.75 Å². The largest absolute Gasteiger partial charge is 0.478 e. The lowest BCUT2D eigenvalue weighted by molar-refractivity contribution is -0.120. The van der Waals surface area contributed by atoms with E-state index in [0.717, 1.165) is 4.90 Å². The first kappa shape index (κ1) is 16.8. The quantitative estimate of drug-likeness (QED) is 0.465. The molecule has 5 nitrogen and oxygen atoms in total.